The summed E-state index contributed by atoms with van der Waals surface area (Å²) in [4.78, 5) is 11.1. The Balaban J connectivity index is 2.43. The van der Waals surface area contributed by atoms with Gasteiger partial charge in [0.15, 0.2) is 5.78 Å². The molecule has 2 unspecified atom stereocenters. The number of hydrogen-bond donors (Lipinski definition) is 1. The van der Waals surface area contributed by atoms with Crippen molar-refractivity contribution >= 4 is 11.5 Å². The predicted molar refractivity (Wildman–Crippen MR) is 35.0 cm³/mol. The van der Waals surface area contributed by atoms with E-state index in [0.717, 1.165) is 6.42 Å². The summed E-state index contributed by atoms with van der Waals surface area (Å²) >= 11 is 0. The lowest BCUT2D eigenvalue weighted by molar-refractivity contribution is -0.114. The van der Waals surface area contributed by atoms with Gasteiger partial charge in [-0.1, -0.05) is 17.3 Å². The Morgan fingerprint density at radius 2 is 2.20 bits per heavy atom. The largest absolute Gasteiger partial charge is 0.411 e. The molecule has 0 amide bonds. The Morgan fingerprint density at radius 3 is 2.60 bits per heavy atom. The Hall–Kier alpha value is -1.12. The van der Waals surface area contributed by atoms with Gasteiger partial charge in [-0.05, 0) is 6.42 Å². The van der Waals surface area contributed by atoms with Crippen molar-refractivity contribution in [1.82, 2.24) is 0 Å². The number of oxime groups is 1. The molecule has 3 nitrogen and oxygen atoms in total. The van der Waals surface area contributed by atoms with Crippen LogP contribution in [0.25, 0.3) is 0 Å². The van der Waals surface area contributed by atoms with E-state index in [1.807, 2.05) is 12.2 Å². The first-order valence-electron chi connectivity index (χ1n) is 3.27. The molecule has 0 spiro atoms. The van der Waals surface area contributed by atoms with E-state index in [1.54, 1.807) is 0 Å². The van der Waals surface area contributed by atoms with E-state index in [1.165, 1.54) is 0 Å². The quantitative estimate of drug-likeness (QED) is 0.302. The van der Waals surface area contributed by atoms with Crippen LogP contribution in [-0.2, 0) is 4.79 Å². The summed E-state index contributed by atoms with van der Waals surface area (Å²) in [5.41, 5.74) is 0.340. The second-order valence-electron chi connectivity index (χ2n) is 2.68. The molecule has 2 bridgehead atoms. The molecule has 0 saturated heterocycles. The van der Waals surface area contributed by atoms with Gasteiger partial charge in [-0.3, -0.25) is 4.79 Å². The van der Waals surface area contributed by atoms with Crippen LogP contribution in [0.1, 0.15) is 6.42 Å². The fraction of sp³-hybridized carbons (Fsp3) is 0.429. The third-order valence-electron chi connectivity index (χ3n) is 2.13. The summed E-state index contributed by atoms with van der Waals surface area (Å²) in [7, 11) is 0. The van der Waals surface area contributed by atoms with Gasteiger partial charge in [0.05, 0.1) is 0 Å². The summed E-state index contributed by atoms with van der Waals surface area (Å²) in [5.74, 6) is 0.105. The van der Waals surface area contributed by atoms with Crippen molar-refractivity contribution in [2.45, 2.75) is 6.42 Å². The average molecular weight is 137 g/mol. The highest BCUT2D eigenvalue weighted by Gasteiger charge is 2.40. The van der Waals surface area contributed by atoms with Gasteiger partial charge >= 0.3 is 0 Å². The number of Topliss-reactive ketones (excluding diaryl/α,β-unsaturated/α-hetero) is 1. The number of hydrogen-bond acceptors (Lipinski definition) is 3. The fourth-order valence-corrected chi connectivity index (χ4v) is 1.59. The molecule has 2 rings (SSSR count). The number of allylic oxidation sites excluding steroid dienone is 2. The van der Waals surface area contributed by atoms with E-state index in [-0.39, 0.29) is 17.6 Å². The van der Waals surface area contributed by atoms with Crippen LogP contribution in [0, 0.1) is 11.8 Å². The first-order chi connectivity index (χ1) is 4.83. The number of ketones is 1. The van der Waals surface area contributed by atoms with Crippen molar-refractivity contribution in [1.29, 1.82) is 0 Å². The maximum Gasteiger partial charge on any atom is 0.187 e. The van der Waals surface area contributed by atoms with Crippen molar-refractivity contribution in [3.63, 3.8) is 0 Å². The molecule has 10 heavy (non-hydrogen) atoms. The minimum Gasteiger partial charge on any atom is -0.411 e. The van der Waals surface area contributed by atoms with E-state index in [9.17, 15) is 4.79 Å². The standard InChI is InChI=1S/C7H7NO2/c9-7-5-2-1-4(3-5)6(7)8-10/h1-2,4-5,10H,3H2/b8-6+. The van der Waals surface area contributed by atoms with E-state index in [2.05, 4.69) is 5.16 Å². The minimum absolute atomic E-state index is 0.00463. The summed E-state index contributed by atoms with van der Waals surface area (Å²) in [6, 6.07) is 0. The normalized spacial score (nSPS) is 40.0. The molecule has 2 atom stereocenters. The lowest BCUT2D eigenvalue weighted by Gasteiger charge is -2.00. The van der Waals surface area contributed by atoms with Gasteiger partial charge in [0.1, 0.15) is 5.71 Å². The van der Waals surface area contributed by atoms with E-state index in [0.29, 0.717) is 5.71 Å². The molecule has 1 saturated carbocycles. The summed E-state index contributed by atoms with van der Waals surface area (Å²) < 4.78 is 0. The zero-order chi connectivity index (χ0) is 7.14. The SMILES string of the molecule is O=C1/C(=N/O)C2C=CC1C2. The Morgan fingerprint density at radius 1 is 1.50 bits per heavy atom. The average Bonchev–Trinajstić information content (AvgIpc) is 2.46. The molecule has 0 aliphatic heterocycles. The van der Waals surface area contributed by atoms with Gasteiger partial charge in [-0.2, -0.15) is 0 Å². The van der Waals surface area contributed by atoms with Crippen molar-refractivity contribution in [3.05, 3.63) is 12.2 Å². The zero-order valence-corrected chi connectivity index (χ0v) is 5.32. The molecule has 1 N–H and O–H groups in total. The molecule has 0 heterocycles. The lowest BCUT2D eigenvalue weighted by Crippen LogP contribution is -2.18. The first-order valence-corrected chi connectivity index (χ1v) is 3.27. The number of fused-ring (bicyclic) bond motifs is 2. The molecule has 0 radical (unpaired) electrons. The van der Waals surface area contributed by atoms with Crippen LogP contribution in [0.4, 0.5) is 0 Å². The Labute approximate surface area is 58.0 Å². The van der Waals surface area contributed by atoms with Crippen LogP contribution >= 0.6 is 0 Å². The van der Waals surface area contributed by atoms with Gasteiger partial charge in [0, 0.05) is 11.8 Å². The highest BCUT2D eigenvalue weighted by molar-refractivity contribution is 6.44. The Kier molecular flexibility index (Phi) is 0.952. The van der Waals surface area contributed by atoms with Crippen molar-refractivity contribution in [3.8, 4) is 0 Å². The summed E-state index contributed by atoms with van der Waals surface area (Å²) in [5, 5.41) is 11.4. The highest BCUT2D eigenvalue weighted by Crippen LogP contribution is 2.33. The zero-order valence-electron chi connectivity index (χ0n) is 5.32. The molecule has 3 heteroatoms. The summed E-state index contributed by atoms with van der Waals surface area (Å²) in [6.07, 6.45) is 4.64. The molecular formula is C7H7NO2. The third kappa shape index (κ3) is 0.497. The number of carbonyl (C=O) groups excluding carboxylic acids is 1. The molecule has 52 valence electrons. The molecule has 0 aromatic rings. The number of nitrogens with zero attached hydrogens (tertiary/aromatic N) is 1. The van der Waals surface area contributed by atoms with Crippen LogP contribution in [0.15, 0.2) is 17.3 Å². The predicted octanol–water partition coefficient (Wildman–Crippen LogP) is 0.592. The lowest BCUT2D eigenvalue weighted by atomic mass is 10.0. The van der Waals surface area contributed by atoms with Crippen LogP contribution in [0.2, 0.25) is 0 Å². The number of carbonyl (C=O) groups is 1. The van der Waals surface area contributed by atoms with Crippen molar-refractivity contribution < 1.29 is 10.0 Å². The maximum atomic E-state index is 11.1. The second-order valence-corrected chi connectivity index (χ2v) is 2.68. The number of rotatable bonds is 0. The molecular weight excluding hydrogens is 130 g/mol. The topological polar surface area (TPSA) is 49.7 Å². The first kappa shape index (κ1) is 5.65. The van der Waals surface area contributed by atoms with E-state index in [4.69, 9.17) is 5.21 Å². The van der Waals surface area contributed by atoms with Gasteiger partial charge in [-0.15, -0.1) is 0 Å². The van der Waals surface area contributed by atoms with Crippen LogP contribution < -0.4 is 0 Å². The minimum atomic E-state index is -0.00463. The van der Waals surface area contributed by atoms with Gasteiger partial charge in [0.25, 0.3) is 0 Å². The van der Waals surface area contributed by atoms with Gasteiger partial charge in [-0.25, -0.2) is 0 Å². The molecule has 0 aromatic carbocycles. The van der Waals surface area contributed by atoms with Crippen molar-refractivity contribution in [2.24, 2.45) is 17.0 Å². The van der Waals surface area contributed by atoms with E-state index < -0.39 is 0 Å². The molecule has 2 aliphatic rings. The van der Waals surface area contributed by atoms with Gasteiger partial charge in [0.2, 0.25) is 0 Å². The second kappa shape index (κ2) is 1.68. The van der Waals surface area contributed by atoms with Crippen molar-refractivity contribution in [2.75, 3.05) is 0 Å². The smallest absolute Gasteiger partial charge is 0.187 e. The summed E-state index contributed by atoms with van der Waals surface area (Å²) in [6.45, 7) is 0. The molecule has 2 aliphatic carbocycles. The highest BCUT2D eigenvalue weighted by atomic mass is 16.4. The Bertz CT molecular complexity index is 242. The van der Waals surface area contributed by atoms with Crippen LogP contribution in [0.3, 0.4) is 0 Å². The fourth-order valence-electron chi connectivity index (χ4n) is 1.59. The molecule has 1 fully saturated rings. The van der Waals surface area contributed by atoms with E-state index >= 15 is 0 Å². The van der Waals surface area contributed by atoms with Crippen LogP contribution in [-0.4, -0.2) is 16.7 Å². The maximum absolute atomic E-state index is 11.1. The monoisotopic (exact) mass is 137 g/mol. The molecule has 0 aromatic heterocycles. The third-order valence-corrected chi connectivity index (χ3v) is 2.13. The van der Waals surface area contributed by atoms with Crippen LogP contribution in [0.5, 0.6) is 0 Å². The van der Waals surface area contributed by atoms with Gasteiger partial charge < -0.3 is 5.21 Å².